The molecule has 1 saturated carbocycles. The van der Waals surface area contributed by atoms with Gasteiger partial charge in [-0.1, -0.05) is 19.8 Å². The smallest absolute Gasteiger partial charge is 0.0774 e. The van der Waals surface area contributed by atoms with Crippen LogP contribution in [0.5, 0.6) is 0 Å². The van der Waals surface area contributed by atoms with Gasteiger partial charge in [-0.2, -0.15) is 0 Å². The molecule has 0 spiro atoms. The maximum atomic E-state index is 10.5. The zero-order chi connectivity index (χ0) is 12.1. The highest BCUT2D eigenvalue weighted by Crippen LogP contribution is 2.31. The van der Waals surface area contributed by atoms with Gasteiger partial charge in [0.15, 0.2) is 0 Å². The zero-order valence-electron chi connectivity index (χ0n) is 11.2. The van der Waals surface area contributed by atoms with Crippen molar-refractivity contribution in [3.63, 3.8) is 0 Å². The van der Waals surface area contributed by atoms with Crippen molar-refractivity contribution in [3.8, 4) is 0 Å². The van der Waals surface area contributed by atoms with Crippen LogP contribution in [0.25, 0.3) is 0 Å². The van der Waals surface area contributed by atoms with E-state index in [1.165, 1.54) is 32.2 Å². The molecule has 0 aromatic heterocycles. The van der Waals surface area contributed by atoms with E-state index in [4.69, 9.17) is 0 Å². The molecule has 17 heavy (non-hydrogen) atoms. The molecule has 0 aromatic rings. The first-order valence-corrected chi connectivity index (χ1v) is 7.32. The van der Waals surface area contributed by atoms with Crippen LogP contribution in [0.2, 0.25) is 0 Å². The highest BCUT2D eigenvalue weighted by molar-refractivity contribution is 4.87. The molecule has 1 heterocycles. The fourth-order valence-electron chi connectivity index (χ4n) is 3.40. The van der Waals surface area contributed by atoms with Crippen molar-refractivity contribution in [2.45, 2.75) is 51.0 Å². The third-order valence-electron chi connectivity index (χ3n) is 4.35. The number of hydrogen-bond donors (Lipinski definition) is 3. The molecular formula is C14H28N2O. The van der Waals surface area contributed by atoms with Crippen molar-refractivity contribution in [3.05, 3.63) is 0 Å². The molecule has 2 aliphatic rings. The van der Waals surface area contributed by atoms with Crippen molar-refractivity contribution in [2.24, 2.45) is 11.8 Å². The van der Waals surface area contributed by atoms with Gasteiger partial charge < -0.3 is 15.7 Å². The summed E-state index contributed by atoms with van der Waals surface area (Å²) in [6.45, 7) is 6.42. The van der Waals surface area contributed by atoms with Gasteiger partial charge >= 0.3 is 0 Å². The van der Waals surface area contributed by atoms with Crippen molar-refractivity contribution < 1.29 is 5.11 Å². The summed E-state index contributed by atoms with van der Waals surface area (Å²) in [6, 6.07) is 0. The van der Waals surface area contributed by atoms with Crippen LogP contribution in [0.3, 0.4) is 0 Å². The lowest BCUT2D eigenvalue weighted by Gasteiger charge is -2.36. The molecule has 2 rings (SSSR count). The quantitative estimate of drug-likeness (QED) is 0.698. The van der Waals surface area contributed by atoms with E-state index in [0.29, 0.717) is 5.92 Å². The van der Waals surface area contributed by atoms with Gasteiger partial charge in [-0.3, -0.25) is 0 Å². The summed E-state index contributed by atoms with van der Waals surface area (Å²) in [7, 11) is 0. The van der Waals surface area contributed by atoms with E-state index in [9.17, 15) is 5.11 Å². The zero-order valence-corrected chi connectivity index (χ0v) is 11.2. The maximum Gasteiger partial charge on any atom is 0.0774 e. The summed E-state index contributed by atoms with van der Waals surface area (Å²) < 4.78 is 0. The first-order valence-electron chi connectivity index (χ1n) is 7.32. The molecule has 100 valence electrons. The van der Waals surface area contributed by atoms with E-state index in [-0.39, 0.29) is 0 Å². The summed E-state index contributed by atoms with van der Waals surface area (Å²) >= 11 is 0. The summed E-state index contributed by atoms with van der Waals surface area (Å²) in [5, 5.41) is 17.4. The second-order valence-corrected chi connectivity index (χ2v) is 6.27. The first-order chi connectivity index (χ1) is 8.18. The lowest BCUT2D eigenvalue weighted by molar-refractivity contribution is -0.0123. The lowest BCUT2D eigenvalue weighted by atomic mass is 9.79. The largest absolute Gasteiger partial charge is 0.389 e. The maximum absolute atomic E-state index is 10.5. The second-order valence-electron chi connectivity index (χ2n) is 6.27. The molecule has 1 aliphatic heterocycles. The van der Waals surface area contributed by atoms with Crippen LogP contribution in [0, 0.1) is 11.8 Å². The van der Waals surface area contributed by atoms with Gasteiger partial charge in [0.05, 0.1) is 5.60 Å². The third kappa shape index (κ3) is 4.23. The number of rotatable bonds is 4. The van der Waals surface area contributed by atoms with E-state index in [2.05, 4.69) is 17.6 Å². The topological polar surface area (TPSA) is 44.3 Å². The average Bonchev–Trinajstić information content (AvgIpc) is 2.30. The second kappa shape index (κ2) is 6.17. The normalized spacial score (nSPS) is 39.2. The Morgan fingerprint density at radius 2 is 2.24 bits per heavy atom. The van der Waals surface area contributed by atoms with E-state index in [1.54, 1.807) is 0 Å². The van der Waals surface area contributed by atoms with E-state index < -0.39 is 5.60 Å². The van der Waals surface area contributed by atoms with Crippen molar-refractivity contribution in [2.75, 3.05) is 26.2 Å². The minimum Gasteiger partial charge on any atom is -0.389 e. The molecule has 1 saturated heterocycles. The minimum atomic E-state index is -0.431. The SMILES string of the molecule is CC1CCCC(O)(CNCC2CCCNC2)C1. The molecule has 0 aromatic carbocycles. The molecule has 0 radical (unpaired) electrons. The predicted octanol–water partition coefficient (Wildman–Crippen LogP) is 1.52. The molecule has 3 nitrogen and oxygen atoms in total. The summed E-state index contributed by atoms with van der Waals surface area (Å²) in [6.07, 6.45) is 7.05. The Labute approximate surface area is 105 Å². The molecular weight excluding hydrogens is 212 g/mol. The number of nitrogens with one attached hydrogen (secondary N) is 2. The van der Waals surface area contributed by atoms with Gasteiger partial charge in [0.2, 0.25) is 0 Å². The fraction of sp³-hybridized carbons (Fsp3) is 1.00. The van der Waals surface area contributed by atoms with Gasteiger partial charge in [0, 0.05) is 6.54 Å². The highest BCUT2D eigenvalue weighted by atomic mass is 16.3. The lowest BCUT2D eigenvalue weighted by Crippen LogP contribution is -2.46. The Kier molecular flexibility index (Phi) is 4.83. The van der Waals surface area contributed by atoms with Crippen LogP contribution in [0.4, 0.5) is 0 Å². The van der Waals surface area contributed by atoms with Crippen LogP contribution in [-0.4, -0.2) is 36.9 Å². The Morgan fingerprint density at radius 3 is 2.94 bits per heavy atom. The first kappa shape index (κ1) is 13.3. The van der Waals surface area contributed by atoms with Crippen LogP contribution >= 0.6 is 0 Å². The molecule has 3 heteroatoms. The summed E-state index contributed by atoms with van der Waals surface area (Å²) in [5.41, 5.74) is -0.431. The summed E-state index contributed by atoms with van der Waals surface area (Å²) in [4.78, 5) is 0. The highest BCUT2D eigenvalue weighted by Gasteiger charge is 2.32. The van der Waals surface area contributed by atoms with Crippen molar-refractivity contribution in [1.29, 1.82) is 0 Å². The van der Waals surface area contributed by atoms with Gasteiger partial charge in [0.25, 0.3) is 0 Å². The molecule has 2 fully saturated rings. The molecule has 3 unspecified atom stereocenters. The Balaban J connectivity index is 1.66. The molecule has 3 N–H and O–H groups in total. The molecule has 1 aliphatic carbocycles. The van der Waals surface area contributed by atoms with E-state index >= 15 is 0 Å². The van der Waals surface area contributed by atoms with Crippen LogP contribution in [-0.2, 0) is 0 Å². The molecule has 3 atom stereocenters. The van der Waals surface area contributed by atoms with Crippen LogP contribution < -0.4 is 10.6 Å². The van der Waals surface area contributed by atoms with Crippen LogP contribution in [0.1, 0.15) is 45.4 Å². The van der Waals surface area contributed by atoms with Gasteiger partial charge in [-0.05, 0) is 57.2 Å². The minimum absolute atomic E-state index is 0.431. The average molecular weight is 240 g/mol. The van der Waals surface area contributed by atoms with Crippen molar-refractivity contribution in [1.82, 2.24) is 10.6 Å². The Bertz CT molecular complexity index is 228. The Morgan fingerprint density at radius 1 is 1.35 bits per heavy atom. The van der Waals surface area contributed by atoms with Gasteiger partial charge in [-0.15, -0.1) is 0 Å². The standard InChI is InChI=1S/C14H28N2O/c1-12-4-2-6-14(17,8-12)11-16-10-13-5-3-7-15-9-13/h12-13,15-17H,2-11H2,1H3. The summed E-state index contributed by atoms with van der Waals surface area (Å²) in [5.74, 6) is 1.44. The number of piperidine rings is 1. The Hall–Kier alpha value is -0.120. The van der Waals surface area contributed by atoms with Crippen LogP contribution in [0.15, 0.2) is 0 Å². The third-order valence-corrected chi connectivity index (χ3v) is 4.35. The molecule has 0 bridgehead atoms. The van der Waals surface area contributed by atoms with Gasteiger partial charge in [-0.25, -0.2) is 0 Å². The number of aliphatic hydroxyl groups is 1. The predicted molar refractivity (Wildman–Crippen MR) is 71.0 cm³/mol. The molecule has 0 amide bonds. The fourth-order valence-corrected chi connectivity index (χ4v) is 3.40. The monoisotopic (exact) mass is 240 g/mol. The van der Waals surface area contributed by atoms with Gasteiger partial charge in [0.1, 0.15) is 0 Å². The number of hydrogen-bond acceptors (Lipinski definition) is 3. The van der Waals surface area contributed by atoms with Crippen molar-refractivity contribution >= 4 is 0 Å². The van der Waals surface area contributed by atoms with E-state index in [0.717, 1.165) is 38.4 Å². The van der Waals surface area contributed by atoms with E-state index in [1.807, 2.05) is 0 Å².